The van der Waals surface area contributed by atoms with Crippen LogP contribution in [0.5, 0.6) is 0 Å². The second-order valence-corrected chi connectivity index (χ2v) is 5.11. The smallest absolute Gasteiger partial charge is 0.328 e. The number of hydrogen-bond donors (Lipinski definition) is 2. The van der Waals surface area contributed by atoms with Gasteiger partial charge in [-0.15, -0.1) is 0 Å². The van der Waals surface area contributed by atoms with Crippen LogP contribution in [0.3, 0.4) is 0 Å². The Kier molecular flexibility index (Phi) is 7.47. The highest BCUT2D eigenvalue weighted by Crippen LogP contribution is 2.11. The van der Waals surface area contributed by atoms with Crippen LogP contribution in [0.15, 0.2) is 17.1 Å². The van der Waals surface area contributed by atoms with Crippen LogP contribution in [0.4, 0.5) is 0 Å². The highest BCUT2D eigenvalue weighted by atomic mass is 16.5. The number of rotatable bonds is 9. The maximum Gasteiger partial charge on any atom is 0.328 e. The number of Topliss-reactive ketones (excluding diaryl/α,β-unsaturated/α-hetero) is 1. The molecule has 0 aliphatic carbocycles. The monoisotopic (exact) mass is 338 g/mol. The maximum absolute atomic E-state index is 12.0. The minimum Gasteiger partial charge on any atom is -0.461 e. The summed E-state index contributed by atoms with van der Waals surface area (Å²) in [7, 11) is 0. The Morgan fingerprint density at radius 2 is 2.21 bits per heavy atom. The van der Waals surface area contributed by atoms with Crippen molar-refractivity contribution < 1.29 is 33.4 Å². The number of hydrogen-bond acceptors (Lipinski definition) is 7. The summed E-state index contributed by atoms with van der Waals surface area (Å²) in [6.45, 7) is 3.26. The Bertz CT molecular complexity index is 621. The molecule has 0 unspecified atom stereocenters. The van der Waals surface area contributed by atoms with Crippen LogP contribution in [0.2, 0.25) is 0 Å². The van der Waals surface area contributed by atoms with Gasteiger partial charge in [-0.25, -0.2) is 9.78 Å². The molecule has 24 heavy (non-hydrogen) atoms. The van der Waals surface area contributed by atoms with Crippen LogP contribution in [0, 0.1) is 0 Å². The third kappa shape index (κ3) is 6.11. The second kappa shape index (κ2) is 9.33. The number of esters is 1. The molecule has 10 heteroatoms. The number of aliphatic hydroxyl groups excluding tert-OH is 1. The zero-order chi connectivity index (χ0) is 18.1. The van der Waals surface area contributed by atoms with Crippen molar-refractivity contribution >= 4 is 23.9 Å². The molecule has 1 rings (SSSR count). The predicted octanol–water partition coefficient (Wildman–Crippen LogP) is -0.206. The van der Waals surface area contributed by atoms with Gasteiger partial charge in [0.15, 0.2) is 12.5 Å². The molecule has 0 saturated carbocycles. The zero-order valence-electron chi connectivity index (χ0n) is 13.2. The molecule has 0 bridgehead atoms. The lowest BCUT2D eigenvalue weighted by Gasteiger charge is -2.19. The fourth-order valence-electron chi connectivity index (χ4n) is 1.72. The first-order valence-corrected chi connectivity index (χ1v) is 7.12. The summed E-state index contributed by atoms with van der Waals surface area (Å²) in [4.78, 5) is 41.6. The summed E-state index contributed by atoms with van der Waals surface area (Å²) in [5.41, 5.74) is 8.27. The van der Waals surface area contributed by atoms with Gasteiger partial charge < -0.3 is 25.1 Å². The fourth-order valence-corrected chi connectivity index (χ4v) is 1.72. The molecule has 1 aromatic heterocycles. The lowest BCUT2D eigenvalue weighted by atomic mass is 10.1. The van der Waals surface area contributed by atoms with E-state index in [1.165, 1.54) is 0 Å². The molecule has 1 heterocycles. The van der Waals surface area contributed by atoms with E-state index in [0.29, 0.717) is 6.21 Å². The molecular weight excluding hydrogens is 320 g/mol. The molecule has 1 aromatic rings. The van der Waals surface area contributed by atoms with Gasteiger partial charge in [0.1, 0.15) is 18.0 Å². The number of aliphatic hydroxyl groups is 1. The van der Waals surface area contributed by atoms with Crippen LogP contribution in [-0.4, -0.2) is 50.9 Å². The fraction of sp³-hybridized carbons (Fsp3) is 0.500. The standard InChI is InChI=1S/C14H18N4O6/c1-8(2)24-14(22)10(4-3-9(19)5-17-15)18-13(21)12(20)11-6-23-7-16-11/h5-8,10,12,20H,3-4H2,1-2H3,(H,18,21)/t10-,12-/m0/s1. The summed E-state index contributed by atoms with van der Waals surface area (Å²) in [5, 5.41) is 12.1. The summed E-state index contributed by atoms with van der Waals surface area (Å²) in [6.07, 6.45) is 0.517. The average molecular weight is 338 g/mol. The van der Waals surface area contributed by atoms with Gasteiger partial charge >= 0.3 is 12.2 Å². The summed E-state index contributed by atoms with van der Waals surface area (Å²) >= 11 is 0. The van der Waals surface area contributed by atoms with Crippen molar-refractivity contribution in [3.8, 4) is 0 Å². The highest BCUT2D eigenvalue weighted by molar-refractivity contribution is 6.25. The average Bonchev–Trinajstić information content (AvgIpc) is 3.04. The van der Waals surface area contributed by atoms with Crippen molar-refractivity contribution in [1.82, 2.24) is 10.3 Å². The molecule has 0 aliphatic rings. The van der Waals surface area contributed by atoms with Gasteiger partial charge in [0.25, 0.3) is 5.91 Å². The highest BCUT2D eigenvalue weighted by Gasteiger charge is 2.28. The molecule has 0 spiro atoms. The van der Waals surface area contributed by atoms with Crippen molar-refractivity contribution in [3.63, 3.8) is 0 Å². The minimum absolute atomic E-state index is 0.0213. The van der Waals surface area contributed by atoms with E-state index in [4.69, 9.17) is 10.3 Å². The summed E-state index contributed by atoms with van der Waals surface area (Å²) < 4.78 is 9.68. The lowest BCUT2D eigenvalue weighted by Crippen LogP contribution is -2.44. The molecule has 0 aromatic carbocycles. The number of oxazole rings is 1. The Labute approximate surface area is 137 Å². The molecule has 2 N–H and O–H groups in total. The van der Waals surface area contributed by atoms with Gasteiger partial charge in [0.05, 0.1) is 6.10 Å². The third-order valence-electron chi connectivity index (χ3n) is 2.81. The minimum atomic E-state index is -1.63. The number of amides is 1. The molecule has 1 amide bonds. The Hall–Kier alpha value is -2.84. The summed E-state index contributed by atoms with van der Waals surface area (Å²) in [5.74, 6) is -2.18. The molecule has 0 radical (unpaired) electrons. The van der Waals surface area contributed by atoms with Gasteiger partial charge in [-0.05, 0) is 20.3 Å². The lowest BCUT2D eigenvalue weighted by molar-refractivity contribution is -0.152. The number of carbonyl (C=O) groups is 3. The first-order valence-electron chi connectivity index (χ1n) is 7.12. The van der Waals surface area contributed by atoms with Crippen molar-refractivity contribution in [2.24, 2.45) is 0 Å². The van der Waals surface area contributed by atoms with Gasteiger partial charge in [0.2, 0.25) is 5.78 Å². The van der Waals surface area contributed by atoms with Gasteiger partial charge in [-0.2, -0.15) is 4.79 Å². The number of nitrogens with zero attached hydrogens (tertiary/aromatic N) is 3. The second-order valence-electron chi connectivity index (χ2n) is 5.11. The van der Waals surface area contributed by atoms with Gasteiger partial charge in [0, 0.05) is 6.42 Å². The number of aromatic nitrogens is 1. The largest absolute Gasteiger partial charge is 0.461 e. The molecule has 10 nitrogen and oxygen atoms in total. The van der Waals surface area contributed by atoms with Gasteiger partial charge in [-0.1, -0.05) is 0 Å². The molecule has 2 atom stereocenters. The van der Waals surface area contributed by atoms with Crippen molar-refractivity contribution in [1.29, 1.82) is 0 Å². The molecule has 0 aliphatic heterocycles. The van der Waals surface area contributed by atoms with E-state index in [2.05, 4.69) is 19.5 Å². The van der Waals surface area contributed by atoms with Crippen LogP contribution in [0.1, 0.15) is 38.5 Å². The predicted molar refractivity (Wildman–Crippen MR) is 78.5 cm³/mol. The van der Waals surface area contributed by atoms with Crippen molar-refractivity contribution in [3.05, 3.63) is 23.9 Å². The van der Waals surface area contributed by atoms with E-state index in [1.54, 1.807) is 13.8 Å². The van der Waals surface area contributed by atoms with E-state index in [0.717, 1.165) is 12.7 Å². The Morgan fingerprint density at radius 3 is 2.75 bits per heavy atom. The van der Waals surface area contributed by atoms with Crippen LogP contribution >= 0.6 is 0 Å². The molecule has 0 fully saturated rings. The van der Waals surface area contributed by atoms with E-state index in [1.807, 2.05) is 0 Å². The Morgan fingerprint density at radius 1 is 1.50 bits per heavy atom. The van der Waals surface area contributed by atoms with E-state index < -0.39 is 35.9 Å². The first-order chi connectivity index (χ1) is 11.3. The molecular formula is C14H18N4O6. The Balaban J connectivity index is 2.76. The van der Waals surface area contributed by atoms with Crippen LogP contribution in [-0.2, 0) is 19.1 Å². The molecule has 0 saturated heterocycles. The quantitative estimate of drug-likeness (QED) is 0.273. The van der Waals surface area contributed by atoms with Crippen molar-refractivity contribution in [2.75, 3.05) is 0 Å². The van der Waals surface area contributed by atoms with Crippen LogP contribution < -0.4 is 5.32 Å². The number of nitrogens with one attached hydrogen (secondary N) is 1. The van der Waals surface area contributed by atoms with E-state index >= 15 is 0 Å². The molecule has 130 valence electrons. The van der Waals surface area contributed by atoms with E-state index in [-0.39, 0.29) is 18.5 Å². The number of ether oxygens (including phenoxy) is 1. The SMILES string of the molecule is CC(C)OC(=O)[C@H](CCC(=O)C=[N+]=[N-])NC(=O)[C@@H](O)c1cocn1. The first kappa shape index (κ1) is 19.2. The zero-order valence-corrected chi connectivity index (χ0v) is 13.2. The summed E-state index contributed by atoms with van der Waals surface area (Å²) in [6, 6.07) is -1.16. The van der Waals surface area contributed by atoms with E-state index in [9.17, 15) is 19.5 Å². The number of carbonyl (C=O) groups excluding carboxylic acids is 3. The van der Waals surface area contributed by atoms with Gasteiger partial charge in [-0.3, -0.25) is 9.59 Å². The third-order valence-corrected chi connectivity index (χ3v) is 2.81. The number of ketones is 1. The normalized spacial score (nSPS) is 12.8. The maximum atomic E-state index is 12.0. The van der Waals surface area contributed by atoms with Crippen LogP contribution in [0.25, 0.3) is 5.53 Å². The topological polar surface area (TPSA) is 155 Å². The van der Waals surface area contributed by atoms with Crippen molar-refractivity contribution in [2.45, 2.75) is 44.9 Å².